The second kappa shape index (κ2) is 53.1. The van der Waals surface area contributed by atoms with Crippen molar-refractivity contribution in [1.29, 1.82) is 0 Å². The molecule has 0 aromatic carbocycles. The Balaban J connectivity index is 0.000000840. The Morgan fingerprint density at radius 2 is 0.500 bits per heavy atom. The average Bonchev–Trinajstić information content (AvgIpc) is 0.832. The Labute approximate surface area is 747 Å². The first-order valence-electron chi connectivity index (χ1n) is 41.4. The van der Waals surface area contributed by atoms with Crippen molar-refractivity contribution in [2.75, 3.05) is 23.0 Å². The molecule has 700 valence electrons. The Morgan fingerprint density at radius 1 is 0.310 bits per heavy atom. The van der Waals surface area contributed by atoms with Crippen LogP contribution in [0.3, 0.4) is 0 Å². The molecule has 0 spiro atoms. The number of hydrogen-bond donors (Lipinski definition) is 12. The van der Waals surface area contributed by atoms with Gasteiger partial charge in [-0.25, -0.2) is 19.2 Å². The molecule has 0 heterocycles. The fraction of sp³-hybridized carbons (Fsp3) is 0.489. The number of nitrogens with one attached hydrogen (secondary N) is 4. The van der Waals surface area contributed by atoms with Gasteiger partial charge in [0.05, 0.1) is 11.5 Å². The molecule has 0 bridgehead atoms. The summed E-state index contributed by atoms with van der Waals surface area (Å²) in [5, 5.41) is 44.7. The van der Waals surface area contributed by atoms with Gasteiger partial charge in [0.25, 0.3) is 40.5 Å². The van der Waals surface area contributed by atoms with Gasteiger partial charge in [-0.1, -0.05) is 221 Å². The Hall–Kier alpha value is -9.80. The number of carboxylic acids is 4. The normalized spacial score (nSPS) is 19.0. The zero-order valence-electron chi connectivity index (χ0n) is 76.6. The number of carbonyl (C=O) groups is 8. The van der Waals surface area contributed by atoms with Gasteiger partial charge in [-0.2, -0.15) is 33.7 Å². The number of carbonyl (C=O) groups excluding carboxylic acids is 4. The third kappa shape index (κ3) is 49.4. The molecule has 4 aliphatic carbocycles. The third-order valence-corrected chi connectivity index (χ3v) is 24.1. The van der Waals surface area contributed by atoms with Gasteiger partial charge in [-0.15, -0.1) is 0 Å². The van der Waals surface area contributed by atoms with Crippen LogP contribution < -0.4 is 21.3 Å². The van der Waals surface area contributed by atoms with Crippen LogP contribution in [-0.4, -0.2) is 167 Å². The number of amides is 4. The van der Waals surface area contributed by atoms with Crippen LogP contribution in [0.25, 0.3) is 0 Å². The van der Waals surface area contributed by atoms with Crippen molar-refractivity contribution in [2.24, 2.45) is 21.7 Å². The number of carboxylic acid groups (broad SMARTS) is 4. The summed E-state index contributed by atoms with van der Waals surface area (Å²) in [6.45, 7) is 41.5. The quantitative estimate of drug-likeness (QED) is 0.0155. The molecule has 12 N–H and O–H groups in total. The lowest BCUT2D eigenvalue weighted by molar-refractivity contribution is -0.141. The van der Waals surface area contributed by atoms with Gasteiger partial charge in [0.1, 0.15) is 35.7 Å². The summed E-state index contributed by atoms with van der Waals surface area (Å²) in [4.78, 5) is 92.4. The Kier molecular flexibility index (Phi) is 48.1. The van der Waals surface area contributed by atoms with E-state index in [-0.39, 0.29) is 21.7 Å². The van der Waals surface area contributed by atoms with E-state index >= 15 is 0 Å². The molecular weight excluding hydrogens is 1700 g/mol. The Bertz CT molecular complexity index is 4770. The van der Waals surface area contributed by atoms with Crippen molar-refractivity contribution in [3.63, 3.8) is 0 Å². The molecule has 0 saturated carbocycles. The summed E-state index contributed by atoms with van der Waals surface area (Å²) in [5.74, 6) is -12.4. The minimum atomic E-state index is -4.54. The van der Waals surface area contributed by atoms with Crippen LogP contribution in [0.4, 0.5) is 0 Å². The molecule has 4 amide bonds. The maximum Gasteiger partial charge on any atom is 0.327 e. The highest BCUT2D eigenvalue weighted by molar-refractivity contribution is 7.86. The summed E-state index contributed by atoms with van der Waals surface area (Å²) >= 11 is 0. The van der Waals surface area contributed by atoms with E-state index in [0.29, 0.717) is 22.3 Å². The lowest BCUT2D eigenvalue weighted by atomic mass is 9.72. The number of allylic oxidation sites excluding steroid dienone is 36. The second-order valence-corrected chi connectivity index (χ2v) is 41.1. The molecule has 0 radical (unpaired) electrons. The minimum Gasteiger partial charge on any atom is -0.480 e. The topological polar surface area (TPSA) is 483 Å². The molecule has 28 nitrogen and oxygen atoms in total. The third-order valence-electron chi connectivity index (χ3n) is 21.1. The average molecular weight is 1830 g/mol. The van der Waals surface area contributed by atoms with Gasteiger partial charge < -0.3 is 41.7 Å². The zero-order valence-corrected chi connectivity index (χ0v) is 79.9. The van der Waals surface area contributed by atoms with Gasteiger partial charge >= 0.3 is 23.9 Å². The highest BCUT2D eigenvalue weighted by Crippen LogP contribution is 2.44. The van der Waals surface area contributed by atoms with E-state index in [9.17, 15) is 72.0 Å². The predicted molar refractivity (Wildman–Crippen MR) is 498 cm³/mol. The molecule has 0 saturated heterocycles. The summed E-state index contributed by atoms with van der Waals surface area (Å²) in [6, 6.07) is -6.28. The van der Waals surface area contributed by atoms with Gasteiger partial charge in [0.15, 0.2) is 0 Å². The van der Waals surface area contributed by atoms with Crippen molar-refractivity contribution in [2.45, 2.75) is 253 Å². The van der Waals surface area contributed by atoms with E-state index in [2.05, 4.69) is 153 Å². The fourth-order valence-corrected chi connectivity index (χ4v) is 16.6. The predicted octanol–water partition coefficient (Wildman–Crippen LogP) is 16.7. The largest absolute Gasteiger partial charge is 0.480 e. The summed E-state index contributed by atoms with van der Waals surface area (Å²) in [5.41, 5.74) is 18.4. The highest BCUT2D eigenvalue weighted by Gasteiger charge is 2.32. The van der Waals surface area contributed by atoms with E-state index in [1.807, 2.05) is 52.0 Å². The van der Waals surface area contributed by atoms with Gasteiger partial charge in [0, 0.05) is 24.3 Å². The standard InChI is InChI=1S/2C24H35NO6S.2C23H33NO6S/c2*1-17(11-12-20-19(3)10-7-14-24(20,4)5)8-6-9-18(2)16-22(26)25-21(23(27)28)13-15-32(29,30)31;2*1-16(11-12-19-18(3)10-7-13-23(19,4)5)8-6-9-17(2)14-21(25)24-20(22(26)27)15-31(28,29)30/h2*6,8-9,11-12,16,21H,7,10,13-15H2,1-5H3,(H,25,26)(H,27,28)(H,29,30,31);2*6,8-9,11-12,14,20H,7,10,13,15H2,1-5H3,(H,24,25)(H,26,27)(H,28,29,30)/b9-6+,12-11+,17-8+,18-16+;9-6+,12-11+,17-8+,18-16-;9-6+,12-11+,16-8+,17-14+;9-6+,12-11+,16-8+,17-14-/t2*21-;2*20-/m0000/s1. The lowest BCUT2D eigenvalue weighted by Crippen LogP contribution is -2.44. The monoisotopic (exact) mass is 1830 g/mol. The van der Waals surface area contributed by atoms with E-state index in [0.717, 1.165) is 60.1 Å². The van der Waals surface area contributed by atoms with Gasteiger partial charge in [-0.05, 0) is 239 Å². The molecule has 0 unspecified atom stereocenters. The van der Waals surface area contributed by atoms with Crippen LogP contribution in [-0.2, 0) is 78.8 Å². The van der Waals surface area contributed by atoms with Crippen molar-refractivity contribution in [3.05, 3.63) is 235 Å². The maximum absolute atomic E-state index is 12.0. The van der Waals surface area contributed by atoms with Crippen molar-refractivity contribution < 1.29 is 111 Å². The molecule has 4 atom stereocenters. The second-order valence-electron chi connectivity index (χ2n) is 34.9. The van der Waals surface area contributed by atoms with Crippen molar-refractivity contribution in [3.8, 4) is 0 Å². The molecule has 0 aromatic heterocycles. The van der Waals surface area contributed by atoms with E-state index in [1.165, 1.54) is 108 Å². The van der Waals surface area contributed by atoms with Crippen molar-refractivity contribution in [1.82, 2.24) is 21.3 Å². The molecular formula is C94H136N4O24S4. The lowest BCUT2D eigenvalue weighted by Gasteiger charge is -2.33. The van der Waals surface area contributed by atoms with Crippen LogP contribution in [0, 0.1) is 21.7 Å². The first-order valence-corrected chi connectivity index (χ1v) is 47.9. The number of hydrogen-bond acceptors (Lipinski definition) is 16. The molecule has 0 aliphatic heterocycles. The first-order chi connectivity index (χ1) is 57.8. The molecule has 32 heteroatoms. The smallest absolute Gasteiger partial charge is 0.327 e. The molecule has 0 aromatic rings. The number of rotatable bonds is 38. The zero-order chi connectivity index (χ0) is 96.7. The van der Waals surface area contributed by atoms with Crippen LogP contribution in [0.2, 0.25) is 0 Å². The minimum absolute atomic E-state index is 0.171. The van der Waals surface area contributed by atoms with Crippen LogP contribution in [0.1, 0.15) is 228 Å². The highest BCUT2D eigenvalue weighted by atomic mass is 32.2. The van der Waals surface area contributed by atoms with E-state index in [4.69, 9.17) is 38.6 Å². The molecule has 4 aliphatic rings. The van der Waals surface area contributed by atoms with Gasteiger partial charge in [0.2, 0.25) is 23.6 Å². The summed E-state index contributed by atoms with van der Waals surface area (Å²) in [7, 11) is -17.7. The summed E-state index contributed by atoms with van der Waals surface area (Å²) < 4.78 is 122. The van der Waals surface area contributed by atoms with E-state index < -0.39 is 148 Å². The first kappa shape index (κ1) is 114. The van der Waals surface area contributed by atoms with E-state index in [1.54, 1.807) is 76.3 Å². The molecule has 0 fully saturated rings. The van der Waals surface area contributed by atoms with Crippen LogP contribution in [0.5, 0.6) is 0 Å². The SMILES string of the molecule is CC1=C(/C=C/C(C)=C/C=C/C(C)=C/C(=O)N[C@@H](CCS(=O)(=O)O)C(=O)O)C(C)(C)CCC1.CC1=C(/C=C/C(C)=C/C=C/C(C)=C/C(=O)N[C@@H](CS(=O)(=O)O)C(=O)O)C(C)(C)CCC1.CC1=C(/C=C/C(C)=C/C=C/C(C)=C\C(=O)N[C@@H](CCS(=O)(=O)O)C(=O)O)C(C)(C)CCC1.CC1=C(/C=C/C(C)=C/C=C/C(C)=C\C(=O)N[C@@H](CS(=O)(=O)O)C(=O)O)C(C)(C)CCC1. The van der Waals surface area contributed by atoms with Crippen molar-refractivity contribution >= 4 is 88.0 Å². The molecule has 4 rings (SSSR count). The van der Waals surface area contributed by atoms with Gasteiger partial charge in [-0.3, -0.25) is 37.4 Å². The van der Waals surface area contributed by atoms with Crippen LogP contribution in [0.15, 0.2) is 235 Å². The molecule has 126 heavy (non-hydrogen) atoms. The fourth-order valence-electron chi connectivity index (χ4n) is 14.2. The Morgan fingerprint density at radius 3 is 0.667 bits per heavy atom. The summed E-state index contributed by atoms with van der Waals surface area (Å²) in [6.07, 6.45) is 56.7. The number of aliphatic carboxylic acids is 4. The van der Waals surface area contributed by atoms with Crippen LogP contribution >= 0.6 is 0 Å². The maximum atomic E-state index is 12.0.